The molecular weight excluding hydrogens is 343 g/mol. The molecule has 6 heteroatoms. The molecule has 0 unspecified atom stereocenters. The van der Waals surface area contributed by atoms with Gasteiger partial charge in [0.25, 0.3) is 0 Å². The molecule has 0 radical (unpaired) electrons. The molecule has 2 heterocycles. The first-order chi connectivity index (χ1) is 13.1. The number of hydrogen-bond donors (Lipinski definition) is 1. The molecule has 2 aliphatic rings. The zero-order valence-electron chi connectivity index (χ0n) is 15.9. The van der Waals surface area contributed by atoms with Crippen molar-refractivity contribution < 1.29 is 9.18 Å². The first-order valence-corrected chi connectivity index (χ1v) is 9.89. The van der Waals surface area contributed by atoms with E-state index in [9.17, 15) is 9.18 Å². The number of hydrogen-bond acceptors (Lipinski definition) is 3. The van der Waals surface area contributed by atoms with Crippen molar-refractivity contribution in [3.63, 3.8) is 0 Å². The lowest BCUT2D eigenvalue weighted by atomic mass is 9.85. The lowest BCUT2D eigenvalue weighted by molar-refractivity contribution is -0.127. The van der Waals surface area contributed by atoms with Gasteiger partial charge in [-0.15, -0.1) is 0 Å². The number of nitrogens with zero attached hydrogens (tertiary/aromatic N) is 3. The zero-order chi connectivity index (χ0) is 18.8. The predicted octanol–water partition coefficient (Wildman–Crippen LogP) is 3.15. The average Bonchev–Trinajstić information content (AvgIpc) is 2.86. The SMILES string of the molecule is Cc1cc(F)ccc1CN1CCCn2nc(CNC(=O)C3CCC3)cc2C1. The lowest BCUT2D eigenvalue weighted by Crippen LogP contribution is -2.34. The van der Waals surface area contributed by atoms with Gasteiger partial charge in [-0.3, -0.25) is 14.4 Å². The first-order valence-electron chi connectivity index (χ1n) is 9.89. The van der Waals surface area contributed by atoms with E-state index in [4.69, 9.17) is 0 Å². The fourth-order valence-electron chi connectivity index (χ4n) is 3.88. The summed E-state index contributed by atoms with van der Waals surface area (Å²) in [4.78, 5) is 14.4. The smallest absolute Gasteiger partial charge is 0.223 e. The summed E-state index contributed by atoms with van der Waals surface area (Å²) in [5.41, 5.74) is 4.27. The molecule has 2 aromatic rings. The quantitative estimate of drug-likeness (QED) is 0.880. The van der Waals surface area contributed by atoms with Crippen LogP contribution in [0.25, 0.3) is 0 Å². The van der Waals surface area contributed by atoms with Crippen LogP contribution in [0.1, 0.15) is 48.2 Å². The highest BCUT2D eigenvalue weighted by Crippen LogP contribution is 2.26. The average molecular weight is 370 g/mol. The third-order valence-corrected chi connectivity index (χ3v) is 5.76. The van der Waals surface area contributed by atoms with E-state index in [0.29, 0.717) is 6.54 Å². The van der Waals surface area contributed by atoms with E-state index >= 15 is 0 Å². The van der Waals surface area contributed by atoms with Crippen molar-refractivity contribution in [2.45, 2.75) is 58.8 Å². The van der Waals surface area contributed by atoms with Gasteiger partial charge in [-0.1, -0.05) is 12.5 Å². The molecule has 0 saturated heterocycles. The van der Waals surface area contributed by atoms with Crippen LogP contribution in [0, 0.1) is 18.7 Å². The van der Waals surface area contributed by atoms with Gasteiger partial charge in [-0.05, 0) is 55.5 Å². The Morgan fingerprint density at radius 3 is 2.85 bits per heavy atom. The second kappa shape index (κ2) is 7.80. The third kappa shape index (κ3) is 4.21. The molecule has 1 aliphatic heterocycles. The van der Waals surface area contributed by atoms with Crippen molar-refractivity contribution in [1.82, 2.24) is 20.0 Å². The molecule has 0 bridgehead atoms. The van der Waals surface area contributed by atoms with Crippen molar-refractivity contribution >= 4 is 5.91 Å². The topological polar surface area (TPSA) is 50.2 Å². The van der Waals surface area contributed by atoms with E-state index in [1.807, 2.05) is 13.0 Å². The maximum absolute atomic E-state index is 13.3. The van der Waals surface area contributed by atoms with Crippen molar-refractivity contribution in [1.29, 1.82) is 0 Å². The predicted molar refractivity (Wildman–Crippen MR) is 101 cm³/mol. The standard InChI is InChI=1S/C21H27FN4O/c1-15-10-18(22)7-6-17(15)13-25-8-3-9-26-20(14-25)11-19(24-26)12-23-21(27)16-4-2-5-16/h6-7,10-11,16H,2-5,8-9,12-14H2,1H3,(H,23,27). The summed E-state index contributed by atoms with van der Waals surface area (Å²) >= 11 is 0. The van der Waals surface area contributed by atoms with Gasteiger partial charge in [-0.25, -0.2) is 4.39 Å². The van der Waals surface area contributed by atoms with Crippen LogP contribution in [0.4, 0.5) is 4.39 Å². The summed E-state index contributed by atoms with van der Waals surface area (Å²) in [6.07, 6.45) is 4.23. The van der Waals surface area contributed by atoms with Crippen LogP contribution in [0.5, 0.6) is 0 Å². The minimum atomic E-state index is -0.182. The summed E-state index contributed by atoms with van der Waals surface area (Å²) in [7, 11) is 0. The molecule has 144 valence electrons. The van der Waals surface area contributed by atoms with Crippen molar-refractivity contribution in [2.75, 3.05) is 6.54 Å². The Balaban J connectivity index is 1.39. The van der Waals surface area contributed by atoms with Crippen LogP contribution in [0.15, 0.2) is 24.3 Å². The summed E-state index contributed by atoms with van der Waals surface area (Å²) in [6, 6.07) is 7.12. The normalized spacial score (nSPS) is 17.9. The van der Waals surface area contributed by atoms with E-state index in [-0.39, 0.29) is 17.6 Å². The highest BCUT2D eigenvalue weighted by molar-refractivity contribution is 5.79. The van der Waals surface area contributed by atoms with Gasteiger partial charge in [0.2, 0.25) is 5.91 Å². The molecule has 1 aromatic heterocycles. The number of aromatic nitrogens is 2. The van der Waals surface area contributed by atoms with E-state index in [0.717, 1.165) is 62.3 Å². The Morgan fingerprint density at radius 1 is 1.26 bits per heavy atom. The van der Waals surface area contributed by atoms with Gasteiger partial charge in [0.05, 0.1) is 17.9 Å². The second-order valence-electron chi connectivity index (χ2n) is 7.83. The van der Waals surface area contributed by atoms with Gasteiger partial charge in [0.15, 0.2) is 0 Å². The van der Waals surface area contributed by atoms with Crippen LogP contribution in [-0.4, -0.2) is 27.1 Å². The lowest BCUT2D eigenvalue weighted by Gasteiger charge is -2.23. The van der Waals surface area contributed by atoms with Crippen molar-refractivity contribution in [3.05, 3.63) is 52.6 Å². The summed E-state index contributed by atoms with van der Waals surface area (Å²) < 4.78 is 15.4. The second-order valence-corrected chi connectivity index (χ2v) is 7.83. The van der Waals surface area contributed by atoms with E-state index in [2.05, 4.69) is 26.1 Å². The van der Waals surface area contributed by atoms with Crippen LogP contribution in [0.3, 0.4) is 0 Å². The number of carbonyl (C=O) groups is 1. The molecule has 1 aliphatic carbocycles. The highest BCUT2D eigenvalue weighted by atomic mass is 19.1. The summed E-state index contributed by atoms with van der Waals surface area (Å²) in [5.74, 6) is 0.191. The van der Waals surface area contributed by atoms with Crippen LogP contribution in [-0.2, 0) is 31.0 Å². The van der Waals surface area contributed by atoms with Gasteiger partial charge in [-0.2, -0.15) is 5.10 Å². The van der Waals surface area contributed by atoms with E-state index in [1.54, 1.807) is 6.07 Å². The molecule has 4 rings (SSSR count). The Morgan fingerprint density at radius 2 is 2.11 bits per heavy atom. The Labute approximate surface area is 159 Å². The minimum Gasteiger partial charge on any atom is -0.350 e. The molecule has 1 aromatic carbocycles. The van der Waals surface area contributed by atoms with Gasteiger partial charge in [0.1, 0.15) is 5.82 Å². The van der Waals surface area contributed by atoms with Crippen molar-refractivity contribution in [2.24, 2.45) is 5.92 Å². The molecule has 1 saturated carbocycles. The molecule has 27 heavy (non-hydrogen) atoms. The monoisotopic (exact) mass is 370 g/mol. The summed E-state index contributed by atoms with van der Waals surface area (Å²) in [5, 5.41) is 7.71. The van der Waals surface area contributed by atoms with E-state index in [1.165, 1.54) is 18.2 Å². The van der Waals surface area contributed by atoms with Gasteiger partial charge < -0.3 is 5.32 Å². The highest BCUT2D eigenvalue weighted by Gasteiger charge is 2.25. The number of benzene rings is 1. The fourth-order valence-corrected chi connectivity index (χ4v) is 3.88. The zero-order valence-corrected chi connectivity index (χ0v) is 15.9. The molecule has 1 N–H and O–H groups in total. The Kier molecular flexibility index (Phi) is 5.25. The minimum absolute atomic E-state index is 0.165. The largest absolute Gasteiger partial charge is 0.350 e. The molecule has 1 fully saturated rings. The summed E-state index contributed by atoms with van der Waals surface area (Å²) in [6.45, 7) is 5.99. The molecule has 0 spiro atoms. The maximum Gasteiger partial charge on any atom is 0.223 e. The Bertz CT molecular complexity index is 828. The molecule has 0 atom stereocenters. The number of fused-ring (bicyclic) bond motifs is 1. The van der Waals surface area contributed by atoms with Crippen LogP contribution < -0.4 is 5.32 Å². The van der Waals surface area contributed by atoms with E-state index < -0.39 is 0 Å². The van der Waals surface area contributed by atoms with Crippen molar-refractivity contribution in [3.8, 4) is 0 Å². The Hall–Kier alpha value is -2.21. The number of aryl methyl sites for hydroxylation is 2. The fraction of sp³-hybridized carbons (Fsp3) is 0.524. The number of rotatable bonds is 5. The maximum atomic E-state index is 13.3. The number of amides is 1. The van der Waals surface area contributed by atoms with Gasteiger partial charge in [0, 0.05) is 32.1 Å². The molecular formula is C21H27FN4O. The number of nitrogens with one attached hydrogen (secondary N) is 1. The third-order valence-electron chi connectivity index (χ3n) is 5.76. The molecule has 5 nitrogen and oxygen atoms in total. The first kappa shape index (κ1) is 18.2. The molecule has 1 amide bonds. The number of halogens is 1. The van der Waals surface area contributed by atoms with Crippen LogP contribution in [0.2, 0.25) is 0 Å². The van der Waals surface area contributed by atoms with Gasteiger partial charge >= 0.3 is 0 Å². The number of carbonyl (C=O) groups excluding carboxylic acids is 1. The van der Waals surface area contributed by atoms with Crippen LogP contribution >= 0.6 is 0 Å².